The second kappa shape index (κ2) is 8.69. The van der Waals surface area contributed by atoms with Gasteiger partial charge in [0.05, 0.1) is 10.9 Å². The number of rotatable bonds is 6. The molecule has 1 heterocycles. The molecule has 0 bridgehead atoms. The van der Waals surface area contributed by atoms with Gasteiger partial charge in [0.15, 0.2) is 6.04 Å². The van der Waals surface area contributed by atoms with E-state index < -0.39 is 5.54 Å². The number of nitriles is 1. The predicted molar refractivity (Wildman–Crippen MR) is 108 cm³/mol. The minimum Gasteiger partial charge on any atom is -0.333 e. The van der Waals surface area contributed by atoms with Gasteiger partial charge in [-0.2, -0.15) is 5.26 Å². The zero-order valence-corrected chi connectivity index (χ0v) is 16.9. The van der Waals surface area contributed by atoms with Crippen molar-refractivity contribution in [3.05, 3.63) is 57.8 Å². The van der Waals surface area contributed by atoms with Gasteiger partial charge in [-0.3, -0.25) is 4.79 Å². The minimum atomic E-state index is -0.681. The van der Waals surface area contributed by atoms with Gasteiger partial charge in [-0.05, 0) is 38.1 Å². The molecule has 1 aromatic carbocycles. The van der Waals surface area contributed by atoms with Crippen LogP contribution in [0, 0.1) is 18.3 Å². The van der Waals surface area contributed by atoms with Crippen molar-refractivity contribution in [3.63, 3.8) is 0 Å². The van der Waals surface area contributed by atoms with Crippen LogP contribution < -0.4 is 10.6 Å². The van der Waals surface area contributed by atoms with Crippen LogP contribution in [-0.2, 0) is 4.79 Å². The van der Waals surface area contributed by atoms with Crippen LogP contribution in [0.3, 0.4) is 0 Å². The summed E-state index contributed by atoms with van der Waals surface area (Å²) in [4.78, 5) is 14.1. The summed E-state index contributed by atoms with van der Waals surface area (Å²) < 4.78 is 0. The van der Waals surface area contributed by atoms with E-state index in [4.69, 9.17) is 0 Å². The molecule has 5 heteroatoms. The molecule has 2 atom stereocenters. The number of carbonyl (C=O) groups excluding carboxylic acids is 1. The van der Waals surface area contributed by atoms with E-state index in [1.807, 2.05) is 13.0 Å². The van der Waals surface area contributed by atoms with Crippen molar-refractivity contribution < 1.29 is 10.1 Å². The molecule has 27 heavy (non-hydrogen) atoms. The maximum Gasteiger partial charge on any atom is 0.279 e. The smallest absolute Gasteiger partial charge is 0.279 e. The van der Waals surface area contributed by atoms with Gasteiger partial charge in [0.1, 0.15) is 11.6 Å². The molecule has 1 aliphatic carbocycles. The molecule has 142 valence electrons. The molecule has 3 rings (SSSR count). The summed E-state index contributed by atoms with van der Waals surface area (Å²) in [5, 5.41) is 16.9. The van der Waals surface area contributed by atoms with Crippen molar-refractivity contribution in [3.8, 4) is 6.07 Å². The van der Waals surface area contributed by atoms with Crippen molar-refractivity contribution in [2.75, 3.05) is 0 Å². The van der Waals surface area contributed by atoms with E-state index in [0.29, 0.717) is 0 Å². The Kier molecular flexibility index (Phi) is 6.30. The monoisotopic (exact) mass is 382 g/mol. The number of quaternary nitrogens is 1. The maximum atomic E-state index is 12.9. The summed E-state index contributed by atoms with van der Waals surface area (Å²) in [5.41, 5.74) is 1.73. The predicted octanol–water partition coefficient (Wildman–Crippen LogP) is 3.44. The van der Waals surface area contributed by atoms with E-state index in [2.05, 4.69) is 59.3 Å². The Morgan fingerprint density at radius 1 is 1.22 bits per heavy atom. The molecule has 0 spiro atoms. The quantitative estimate of drug-likeness (QED) is 0.803. The Hall–Kier alpha value is -2.16. The van der Waals surface area contributed by atoms with Crippen molar-refractivity contribution in [2.24, 2.45) is 0 Å². The number of nitrogens with zero attached hydrogens (tertiary/aromatic N) is 1. The van der Waals surface area contributed by atoms with Gasteiger partial charge >= 0.3 is 0 Å². The molecule has 0 saturated heterocycles. The molecule has 0 radical (unpaired) electrons. The highest BCUT2D eigenvalue weighted by Gasteiger charge is 2.36. The Morgan fingerprint density at radius 3 is 2.52 bits per heavy atom. The van der Waals surface area contributed by atoms with Crippen molar-refractivity contribution >= 4 is 17.2 Å². The van der Waals surface area contributed by atoms with E-state index in [1.165, 1.54) is 16.0 Å². The molecule has 1 aromatic heterocycles. The van der Waals surface area contributed by atoms with Gasteiger partial charge in [0.25, 0.3) is 5.91 Å². The van der Waals surface area contributed by atoms with E-state index in [1.54, 1.807) is 11.3 Å². The fourth-order valence-corrected chi connectivity index (χ4v) is 4.59. The fraction of sp³-hybridized carbons (Fsp3) is 0.455. The summed E-state index contributed by atoms with van der Waals surface area (Å²) in [6.45, 7) is 4.01. The Bertz CT molecular complexity index is 786. The highest BCUT2D eigenvalue weighted by atomic mass is 32.1. The highest BCUT2D eigenvalue weighted by molar-refractivity contribution is 7.10. The Morgan fingerprint density at radius 2 is 1.93 bits per heavy atom. The lowest BCUT2D eigenvalue weighted by atomic mass is 9.82. The first-order chi connectivity index (χ1) is 13.0. The molecule has 3 N–H and O–H groups in total. The van der Waals surface area contributed by atoms with Crippen LogP contribution in [0.5, 0.6) is 0 Å². The van der Waals surface area contributed by atoms with E-state index in [0.717, 1.165) is 32.1 Å². The Balaban J connectivity index is 1.74. The number of carbonyl (C=O) groups is 1. The molecular weight excluding hydrogens is 354 g/mol. The van der Waals surface area contributed by atoms with Gasteiger partial charge < -0.3 is 10.6 Å². The van der Waals surface area contributed by atoms with Crippen LogP contribution in [-0.4, -0.2) is 17.5 Å². The van der Waals surface area contributed by atoms with E-state index >= 15 is 0 Å². The topological polar surface area (TPSA) is 69.5 Å². The van der Waals surface area contributed by atoms with E-state index in [9.17, 15) is 10.1 Å². The number of benzene rings is 1. The van der Waals surface area contributed by atoms with Crippen molar-refractivity contribution in [1.82, 2.24) is 5.32 Å². The number of nitrogens with one attached hydrogen (secondary N) is 1. The third-order valence-corrected chi connectivity index (χ3v) is 6.42. The van der Waals surface area contributed by atoms with Crippen LogP contribution in [0.1, 0.15) is 61.1 Å². The van der Waals surface area contributed by atoms with Gasteiger partial charge in [-0.1, -0.05) is 55.2 Å². The normalized spacial score (nSPS) is 18.3. The number of aryl methyl sites for hydroxylation is 1. The van der Waals surface area contributed by atoms with Crippen LogP contribution in [0.4, 0.5) is 0 Å². The van der Waals surface area contributed by atoms with Gasteiger partial charge in [0.2, 0.25) is 0 Å². The summed E-state index contributed by atoms with van der Waals surface area (Å²) in [6, 6.07) is 14.9. The van der Waals surface area contributed by atoms with E-state index in [-0.39, 0.29) is 18.0 Å². The second-order valence-electron chi connectivity index (χ2n) is 7.63. The summed E-state index contributed by atoms with van der Waals surface area (Å²) >= 11 is 1.71. The zero-order valence-electron chi connectivity index (χ0n) is 16.1. The molecule has 1 aliphatic rings. The fourth-order valence-electron chi connectivity index (χ4n) is 3.76. The number of amides is 1. The van der Waals surface area contributed by atoms with Crippen LogP contribution in [0.2, 0.25) is 0 Å². The molecule has 1 amide bonds. The molecule has 2 aromatic rings. The standard InChI is InChI=1S/C22H27N3OS/c1-16-8-10-18(11-9-16)20(19-7-6-14-27-19)24-17(2)21(26)25-22(15-23)12-4-3-5-13-22/h6-11,14,17,20,24H,3-5,12-13H2,1-2H3,(H,25,26)/p+1/t17-,20+/m0/s1. The van der Waals surface area contributed by atoms with Gasteiger partial charge in [-0.15, -0.1) is 11.3 Å². The second-order valence-corrected chi connectivity index (χ2v) is 8.61. The number of thiophene rings is 1. The first-order valence-electron chi connectivity index (χ1n) is 9.71. The minimum absolute atomic E-state index is 0.0490. The zero-order chi connectivity index (χ0) is 19.3. The number of nitrogens with two attached hydrogens (primary N) is 1. The third-order valence-electron chi connectivity index (χ3n) is 5.46. The molecule has 0 aliphatic heterocycles. The van der Waals surface area contributed by atoms with Crippen LogP contribution >= 0.6 is 11.3 Å². The van der Waals surface area contributed by atoms with Gasteiger partial charge in [0, 0.05) is 5.56 Å². The SMILES string of the molecule is Cc1ccc([C@@H]([NH2+][C@@H](C)C(=O)NC2(C#N)CCCCC2)c2cccs2)cc1. The third kappa shape index (κ3) is 4.77. The summed E-state index contributed by atoms with van der Waals surface area (Å²) in [7, 11) is 0. The Labute approximate surface area is 165 Å². The van der Waals surface area contributed by atoms with Gasteiger partial charge in [-0.25, -0.2) is 0 Å². The molecule has 0 unspecified atom stereocenters. The van der Waals surface area contributed by atoms with Crippen molar-refractivity contribution in [1.29, 1.82) is 5.26 Å². The largest absolute Gasteiger partial charge is 0.333 e. The lowest BCUT2D eigenvalue weighted by Crippen LogP contribution is -2.93. The van der Waals surface area contributed by atoms with Crippen LogP contribution in [0.25, 0.3) is 0 Å². The average Bonchev–Trinajstić information content (AvgIpc) is 3.22. The average molecular weight is 383 g/mol. The summed E-state index contributed by atoms with van der Waals surface area (Å²) in [6.07, 6.45) is 4.68. The molecule has 1 saturated carbocycles. The maximum absolute atomic E-state index is 12.9. The summed E-state index contributed by atoms with van der Waals surface area (Å²) in [5.74, 6) is -0.0490. The molecular formula is C22H28N3OS+. The van der Waals surface area contributed by atoms with Crippen LogP contribution in [0.15, 0.2) is 41.8 Å². The highest BCUT2D eigenvalue weighted by Crippen LogP contribution is 2.28. The lowest BCUT2D eigenvalue weighted by molar-refractivity contribution is -0.704. The lowest BCUT2D eigenvalue weighted by Gasteiger charge is -2.32. The first-order valence-corrected chi connectivity index (χ1v) is 10.6. The first kappa shape index (κ1) is 19.6. The molecule has 4 nitrogen and oxygen atoms in total. The van der Waals surface area contributed by atoms with Crippen molar-refractivity contribution in [2.45, 2.75) is 63.6 Å². The number of hydrogen-bond acceptors (Lipinski definition) is 3. The molecule has 1 fully saturated rings. The number of hydrogen-bond donors (Lipinski definition) is 2.